The van der Waals surface area contributed by atoms with Gasteiger partial charge in [0, 0.05) is 18.9 Å². The van der Waals surface area contributed by atoms with E-state index in [4.69, 9.17) is 16.3 Å². The molecule has 66 valence electrons. The van der Waals surface area contributed by atoms with Crippen molar-refractivity contribution in [2.45, 2.75) is 20.0 Å². The van der Waals surface area contributed by atoms with E-state index in [1.807, 2.05) is 19.9 Å². The molecular weight excluding hydrogens is 174 g/mol. The zero-order valence-electron chi connectivity index (χ0n) is 7.47. The van der Waals surface area contributed by atoms with Crippen LogP contribution in [-0.4, -0.2) is 12.1 Å². The van der Waals surface area contributed by atoms with E-state index in [1.165, 1.54) is 0 Å². The van der Waals surface area contributed by atoms with Gasteiger partial charge in [-0.15, -0.1) is 0 Å². The minimum absolute atomic E-state index is 0.0270. The Hall–Kier alpha value is -0.600. The van der Waals surface area contributed by atoms with Gasteiger partial charge in [-0.3, -0.25) is 4.98 Å². The first-order valence-corrected chi connectivity index (χ1v) is 4.18. The monoisotopic (exact) mass is 185 g/mol. The second-order valence-corrected chi connectivity index (χ2v) is 3.06. The predicted molar refractivity (Wildman–Crippen MR) is 49.4 cm³/mol. The lowest BCUT2D eigenvalue weighted by molar-refractivity contribution is 0.119. The van der Waals surface area contributed by atoms with E-state index in [1.54, 1.807) is 13.3 Å². The molecule has 2 nitrogen and oxygen atoms in total. The lowest BCUT2D eigenvalue weighted by Crippen LogP contribution is -1.98. The van der Waals surface area contributed by atoms with Gasteiger partial charge < -0.3 is 4.74 Å². The zero-order valence-corrected chi connectivity index (χ0v) is 8.22. The Bertz CT molecular complexity index is 275. The third-order valence-electron chi connectivity index (χ3n) is 1.88. The lowest BCUT2D eigenvalue weighted by atomic mass is 10.1. The molecule has 0 spiro atoms. The van der Waals surface area contributed by atoms with Gasteiger partial charge in [0.2, 0.25) is 0 Å². The molecule has 1 unspecified atom stereocenters. The molecule has 12 heavy (non-hydrogen) atoms. The molecule has 0 radical (unpaired) electrons. The zero-order chi connectivity index (χ0) is 9.14. The van der Waals surface area contributed by atoms with Crippen molar-refractivity contribution in [1.82, 2.24) is 4.98 Å². The van der Waals surface area contributed by atoms with Crippen LogP contribution in [-0.2, 0) is 4.74 Å². The highest BCUT2D eigenvalue weighted by Gasteiger charge is 2.09. The summed E-state index contributed by atoms with van der Waals surface area (Å²) in [5, 5.41) is 0.701. The number of hydrogen-bond acceptors (Lipinski definition) is 2. The molecule has 0 aliphatic heterocycles. The average Bonchev–Trinajstić information content (AvgIpc) is 2.08. The number of hydrogen-bond donors (Lipinski definition) is 0. The summed E-state index contributed by atoms with van der Waals surface area (Å²) in [6.07, 6.45) is 1.77. The van der Waals surface area contributed by atoms with Crippen LogP contribution in [0.2, 0.25) is 5.02 Å². The van der Waals surface area contributed by atoms with Crippen molar-refractivity contribution < 1.29 is 4.74 Å². The topological polar surface area (TPSA) is 22.1 Å². The average molecular weight is 186 g/mol. The van der Waals surface area contributed by atoms with Gasteiger partial charge in [-0.25, -0.2) is 0 Å². The van der Waals surface area contributed by atoms with E-state index in [-0.39, 0.29) is 6.10 Å². The van der Waals surface area contributed by atoms with Crippen molar-refractivity contribution >= 4 is 11.6 Å². The number of methoxy groups -OCH3 is 1. The van der Waals surface area contributed by atoms with Crippen LogP contribution in [0, 0.1) is 6.92 Å². The summed E-state index contributed by atoms with van der Waals surface area (Å²) < 4.78 is 5.16. The number of halogens is 1. The first-order valence-electron chi connectivity index (χ1n) is 3.80. The van der Waals surface area contributed by atoms with Gasteiger partial charge in [0.15, 0.2) is 0 Å². The molecule has 1 heterocycles. The Morgan fingerprint density at radius 2 is 2.25 bits per heavy atom. The largest absolute Gasteiger partial charge is 0.377 e. The molecule has 0 amide bonds. The Kier molecular flexibility index (Phi) is 3.06. The molecule has 1 rings (SSSR count). The van der Waals surface area contributed by atoms with Gasteiger partial charge in [0.1, 0.15) is 0 Å². The van der Waals surface area contributed by atoms with E-state index in [0.717, 1.165) is 11.3 Å². The van der Waals surface area contributed by atoms with Crippen molar-refractivity contribution in [3.63, 3.8) is 0 Å². The minimum atomic E-state index is 0.0270. The fourth-order valence-electron chi connectivity index (χ4n) is 1.01. The van der Waals surface area contributed by atoms with E-state index >= 15 is 0 Å². The van der Waals surface area contributed by atoms with Crippen LogP contribution >= 0.6 is 11.6 Å². The van der Waals surface area contributed by atoms with Gasteiger partial charge in [0.05, 0.1) is 16.8 Å². The quantitative estimate of drug-likeness (QED) is 0.707. The summed E-state index contributed by atoms with van der Waals surface area (Å²) in [6.45, 7) is 3.84. The van der Waals surface area contributed by atoms with Crippen molar-refractivity contribution in [3.8, 4) is 0 Å². The molecule has 0 bridgehead atoms. The number of ether oxygens (including phenoxy) is 1. The molecule has 0 aliphatic carbocycles. The molecule has 0 saturated heterocycles. The summed E-state index contributed by atoms with van der Waals surface area (Å²) in [4.78, 5) is 4.07. The Labute approximate surface area is 77.5 Å². The SMILES string of the molecule is COC(C)c1ccnc(C)c1Cl. The van der Waals surface area contributed by atoms with Gasteiger partial charge >= 0.3 is 0 Å². The summed E-state index contributed by atoms with van der Waals surface area (Å²) >= 11 is 6.02. The fraction of sp³-hybridized carbons (Fsp3) is 0.444. The number of aromatic nitrogens is 1. The summed E-state index contributed by atoms with van der Waals surface area (Å²) in [7, 11) is 1.66. The molecule has 1 aromatic heterocycles. The smallest absolute Gasteiger partial charge is 0.0808 e. The van der Waals surface area contributed by atoms with Crippen molar-refractivity contribution in [1.29, 1.82) is 0 Å². The third kappa shape index (κ3) is 1.76. The van der Waals surface area contributed by atoms with Crippen LogP contribution in [0.1, 0.15) is 24.3 Å². The standard InChI is InChI=1S/C9H12ClNO/c1-6-9(10)8(4-5-11-6)7(2)12-3/h4-5,7H,1-3H3. The number of nitrogens with zero attached hydrogens (tertiary/aromatic N) is 1. The van der Waals surface area contributed by atoms with Gasteiger partial charge in [-0.2, -0.15) is 0 Å². The van der Waals surface area contributed by atoms with Crippen molar-refractivity contribution in [2.24, 2.45) is 0 Å². The molecule has 0 saturated carbocycles. The Morgan fingerprint density at radius 3 is 2.83 bits per heavy atom. The maximum absolute atomic E-state index is 6.02. The maximum Gasteiger partial charge on any atom is 0.0808 e. The van der Waals surface area contributed by atoms with E-state index in [2.05, 4.69) is 4.98 Å². The third-order valence-corrected chi connectivity index (χ3v) is 2.38. The van der Waals surface area contributed by atoms with Gasteiger partial charge in [0.25, 0.3) is 0 Å². The molecular formula is C9H12ClNO. The normalized spacial score (nSPS) is 13.0. The molecule has 0 N–H and O–H groups in total. The molecule has 3 heteroatoms. The van der Waals surface area contributed by atoms with Gasteiger partial charge in [-0.1, -0.05) is 11.6 Å². The van der Waals surface area contributed by atoms with Gasteiger partial charge in [-0.05, 0) is 19.9 Å². The molecule has 0 aromatic carbocycles. The second-order valence-electron chi connectivity index (χ2n) is 2.68. The first kappa shape index (κ1) is 9.49. The Morgan fingerprint density at radius 1 is 1.58 bits per heavy atom. The summed E-state index contributed by atoms with van der Waals surface area (Å²) in [5.74, 6) is 0. The maximum atomic E-state index is 6.02. The van der Waals surface area contributed by atoms with Crippen LogP contribution in [0.4, 0.5) is 0 Å². The highest BCUT2D eigenvalue weighted by atomic mass is 35.5. The summed E-state index contributed by atoms with van der Waals surface area (Å²) in [6, 6.07) is 1.88. The molecule has 1 aromatic rings. The number of aryl methyl sites for hydroxylation is 1. The van der Waals surface area contributed by atoms with E-state index < -0.39 is 0 Å². The first-order chi connectivity index (χ1) is 5.66. The number of rotatable bonds is 2. The molecule has 1 atom stereocenters. The molecule has 0 fully saturated rings. The van der Waals surface area contributed by atoms with Crippen LogP contribution in [0.3, 0.4) is 0 Å². The van der Waals surface area contributed by atoms with E-state index in [0.29, 0.717) is 5.02 Å². The lowest BCUT2D eigenvalue weighted by Gasteiger charge is -2.12. The highest BCUT2D eigenvalue weighted by molar-refractivity contribution is 6.32. The fourth-order valence-corrected chi connectivity index (χ4v) is 1.27. The van der Waals surface area contributed by atoms with Crippen LogP contribution in [0.5, 0.6) is 0 Å². The van der Waals surface area contributed by atoms with Crippen molar-refractivity contribution in [2.75, 3.05) is 7.11 Å². The predicted octanol–water partition coefficient (Wildman–Crippen LogP) is 2.75. The highest BCUT2D eigenvalue weighted by Crippen LogP contribution is 2.25. The minimum Gasteiger partial charge on any atom is -0.377 e. The second kappa shape index (κ2) is 3.87. The Balaban J connectivity index is 3.07. The van der Waals surface area contributed by atoms with Crippen molar-refractivity contribution in [3.05, 3.63) is 28.5 Å². The van der Waals surface area contributed by atoms with Crippen LogP contribution < -0.4 is 0 Å². The van der Waals surface area contributed by atoms with E-state index in [9.17, 15) is 0 Å². The van der Waals surface area contributed by atoms with Crippen LogP contribution in [0.25, 0.3) is 0 Å². The molecule has 0 aliphatic rings. The summed E-state index contributed by atoms with van der Waals surface area (Å²) in [5.41, 5.74) is 1.84. The van der Waals surface area contributed by atoms with Crippen LogP contribution in [0.15, 0.2) is 12.3 Å². The number of pyridine rings is 1.